The maximum Gasteiger partial charge on any atom is 0.142 e. The quantitative estimate of drug-likeness (QED) is 0.323. The van der Waals surface area contributed by atoms with Gasteiger partial charge in [-0.25, -0.2) is 4.98 Å². The number of nitrogens with one attached hydrogen (secondary N) is 1. The Morgan fingerprint density at radius 1 is 0.812 bits per heavy atom. The molecule has 32 heavy (non-hydrogen) atoms. The second-order valence-electron chi connectivity index (χ2n) is 7.84. The molecule has 0 bridgehead atoms. The highest BCUT2D eigenvalue weighted by molar-refractivity contribution is 6.31. The van der Waals surface area contributed by atoms with E-state index in [0.29, 0.717) is 6.54 Å². The molecule has 0 atom stereocenters. The molecule has 0 aliphatic rings. The Labute approximate surface area is 192 Å². The minimum atomic E-state index is 0.615. The lowest BCUT2D eigenvalue weighted by atomic mass is 10.1. The molecule has 0 saturated carbocycles. The van der Waals surface area contributed by atoms with Gasteiger partial charge in [0.15, 0.2) is 0 Å². The molecule has 2 heterocycles. The third kappa shape index (κ3) is 3.74. The van der Waals surface area contributed by atoms with Crippen LogP contribution in [0.25, 0.3) is 33.9 Å². The summed E-state index contributed by atoms with van der Waals surface area (Å²) in [4.78, 5) is 8.64. The van der Waals surface area contributed by atoms with Gasteiger partial charge in [-0.1, -0.05) is 90.5 Å². The molecule has 1 N–H and O–H groups in total. The van der Waals surface area contributed by atoms with Crippen LogP contribution in [-0.2, 0) is 6.54 Å². The Hall–Kier alpha value is -3.63. The van der Waals surface area contributed by atoms with Crippen molar-refractivity contribution in [3.05, 3.63) is 107 Å². The Bertz CT molecular complexity index is 1310. The van der Waals surface area contributed by atoms with E-state index in [0.717, 1.165) is 55.9 Å². The van der Waals surface area contributed by atoms with Crippen LogP contribution in [0.5, 0.6) is 0 Å². The summed E-state index contributed by atoms with van der Waals surface area (Å²) in [6.45, 7) is 4.72. The normalized spacial score (nSPS) is 11.1. The van der Waals surface area contributed by atoms with Gasteiger partial charge >= 0.3 is 0 Å². The number of imidazole rings is 1. The summed E-state index contributed by atoms with van der Waals surface area (Å²) in [6.07, 6.45) is 0. The largest absolute Gasteiger partial charge is 0.337 e. The molecular weight excluding hydrogens is 416 g/mol. The number of hydrogen-bond donors (Lipinski definition) is 1. The van der Waals surface area contributed by atoms with Crippen molar-refractivity contribution in [1.82, 2.24) is 19.7 Å². The Balaban J connectivity index is 1.62. The predicted octanol–water partition coefficient (Wildman–Crippen LogP) is 6.93. The molecule has 0 aliphatic heterocycles. The number of nitrogens with zero attached hydrogens (tertiary/aromatic N) is 3. The Morgan fingerprint density at radius 3 is 2.12 bits per heavy atom. The van der Waals surface area contributed by atoms with Crippen molar-refractivity contribution in [3.8, 4) is 33.9 Å². The molecule has 5 heteroatoms. The first-order valence-corrected chi connectivity index (χ1v) is 11.0. The van der Waals surface area contributed by atoms with Gasteiger partial charge in [0.1, 0.15) is 5.82 Å². The van der Waals surface area contributed by atoms with Crippen molar-refractivity contribution in [3.63, 3.8) is 0 Å². The zero-order chi connectivity index (χ0) is 22.1. The molecule has 3 aromatic carbocycles. The molecule has 0 aliphatic carbocycles. The van der Waals surface area contributed by atoms with Crippen LogP contribution in [0, 0.1) is 13.8 Å². The van der Waals surface area contributed by atoms with Gasteiger partial charge in [-0.3, -0.25) is 4.68 Å². The van der Waals surface area contributed by atoms with E-state index in [9.17, 15) is 0 Å². The highest BCUT2D eigenvalue weighted by Crippen LogP contribution is 2.35. The number of benzene rings is 3. The maximum absolute atomic E-state index is 6.39. The van der Waals surface area contributed by atoms with Gasteiger partial charge in [-0.05, 0) is 25.5 Å². The first kappa shape index (κ1) is 20.3. The zero-order valence-electron chi connectivity index (χ0n) is 18.0. The standard InChI is InChI=1S/C27H23ClN4/c1-18-24(19(2)32(31-18)17-22-15-9-10-16-23(22)28)27-29-25(20-11-5-3-6-12-20)26(30-27)21-13-7-4-8-14-21/h3-16H,17H2,1-2H3,(H,29,30). The molecular formula is C27H23ClN4. The number of aromatic amines is 1. The van der Waals surface area contributed by atoms with E-state index in [1.165, 1.54) is 0 Å². The second-order valence-corrected chi connectivity index (χ2v) is 8.24. The highest BCUT2D eigenvalue weighted by Gasteiger charge is 2.21. The van der Waals surface area contributed by atoms with Crippen molar-refractivity contribution in [2.45, 2.75) is 20.4 Å². The van der Waals surface area contributed by atoms with Gasteiger partial charge in [-0.15, -0.1) is 0 Å². The molecule has 2 aromatic heterocycles. The molecule has 0 spiro atoms. The molecule has 158 valence electrons. The number of H-pyrrole nitrogens is 1. The molecule has 5 aromatic rings. The average Bonchev–Trinajstić information content (AvgIpc) is 3.37. The zero-order valence-corrected chi connectivity index (χ0v) is 18.8. The smallest absolute Gasteiger partial charge is 0.142 e. The van der Waals surface area contributed by atoms with Crippen molar-refractivity contribution in [2.75, 3.05) is 0 Å². The molecule has 4 nitrogen and oxygen atoms in total. The lowest BCUT2D eigenvalue weighted by molar-refractivity contribution is 0.659. The minimum Gasteiger partial charge on any atom is -0.337 e. The average molecular weight is 439 g/mol. The van der Waals surface area contributed by atoms with Gasteiger partial charge < -0.3 is 4.98 Å². The van der Waals surface area contributed by atoms with Gasteiger partial charge in [0.25, 0.3) is 0 Å². The van der Waals surface area contributed by atoms with Crippen molar-refractivity contribution in [2.24, 2.45) is 0 Å². The second kappa shape index (κ2) is 8.48. The molecule has 5 rings (SSSR count). The van der Waals surface area contributed by atoms with Crippen molar-refractivity contribution < 1.29 is 0 Å². The number of rotatable bonds is 5. The Kier molecular flexibility index (Phi) is 5.38. The van der Waals surface area contributed by atoms with Gasteiger partial charge in [-0.2, -0.15) is 5.10 Å². The van der Waals surface area contributed by atoms with Crippen LogP contribution >= 0.6 is 11.6 Å². The van der Waals surface area contributed by atoms with Crippen LogP contribution in [0.4, 0.5) is 0 Å². The maximum atomic E-state index is 6.39. The van der Waals surface area contributed by atoms with Crippen molar-refractivity contribution >= 4 is 11.6 Å². The third-order valence-corrected chi connectivity index (χ3v) is 6.08. The van der Waals surface area contributed by atoms with Crippen LogP contribution in [0.1, 0.15) is 17.0 Å². The van der Waals surface area contributed by atoms with Crippen LogP contribution in [0.2, 0.25) is 5.02 Å². The van der Waals surface area contributed by atoms with Crippen LogP contribution in [0.3, 0.4) is 0 Å². The van der Waals surface area contributed by atoms with Gasteiger partial charge in [0, 0.05) is 21.8 Å². The third-order valence-electron chi connectivity index (χ3n) is 5.71. The fraction of sp³-hybridized carbons (Fsp3) is 0.111. The van der Waals surface area contributed by atoms with Gasteiger partial charge in [0.2, 0.25) is 0 Å². The fourth-order valence-corrected chi connectivity index (χ4v) is 4.29. The summed E-state index contributed by atoms with van der Waals surface area (Å²) >= 11 is 6.39. The highest BCUT2D eigenvalue weighted by atomic mass is 35.5. The van der Waals surface area contributed by atoms with E-state index < -0.39 is 0 Å². The van der Waals surface area contributed by atoms with Crippen LogP contribution in [-0.4, -0.2) is 19.7 Å². The van der Waals surface area contributed by atoms with E-state index in [-0.39, 0.29) is 0 Å². The molecule has 0 saturated heterocycles. The molecule has 0 fully saturated rings. The minimum absolute atomic E-state index is 0.615. The van der Waals surface area contributed by atoms with Crippen LogP contribution in [0.15, 0.2) is 84.9 Å². The first-order valence-electron chi connectivity index (χ1n) is 10.6. The number of aryl methyl sites for hydroxylation is 1. The van der Waals surface area contributed by atoms with E-state index in [2.05, 4.69) is 36.2 Å². The van der Waals surface area contributed by atoms with E-state index >= 15 is 0 Å². The number of halogens is 1. The first-order chi connectivity index (χ1) is 15.6. The fourth-order valence-electron chi connectivity index (χ4n) is 4.09. The molecule has 0 radical (unpaired) electrons. The summed E-state index contributed by atoms with van der Waals surface area (Å²) in [6, 6.07) is 28.5. The number of aromatic nitrogens is 4. The van der Waals surface area contributed by atoms with Crippen molar-refractivity contribution in [1.29, 1.82) is 0 Å². The van der Waals surface area contributed by atoms with E-state index in [1.54, 1.807) is 0 Å². The monoisotopic (exact) mass is 438 g/mol. The van der Waals surface area contributed by atoms with E-state index in [1.807, 2.05) is 72.3 Å². The topological polar surface area (TPSA) is 46.5 Å². The van der Waals surface area contributed by atoms with E-state index in [4.69, 9.17) is 21.7 Å². The summed E-state index contributed by atoms with van der Waals surface area (Å²) in [5.41, 5.74) is 8.17. The van der Waals surface area contributed by atoms with Crippen LogP contribution < -0.4 is 0 Å². The lowest BCUT2D eigenvalue weighted by Crippen LogP contribution is -2.04. The summed E-state index contributed by atoms with van der Waals surface area (Å²) in [7, 11) is 0. The summed E-state index contributed by atoms with van der Waals surface area (Å²) in [5, 5.41) is 5.55. The number of hydrogen-bond acceptors (Lipinski definition) is 2. The van der Waals surface area contributed by atoms with Gasteiger partial charge in [0.05, 0.1) is 29.2 Å². The Morgan fingerprint density at radius 2 is 1.44 bits per heavy atom. The molecule has 0 unspecified atom stereocenters. The predicted molar refractivity (Wildman–Crippen MR) is 131 cm³/mol. The summed E-state index contributed by atoms with van der Waals surface area (Å²) in [5.74, 6) is 0.822. The molecule has 0 amide bonds. The lowest BCUT2D eigenvalue weighted by Gasteiger charge is -2.07. The SMILES string of the molecule is Cc1nn(Cc2ccccc2Cl)c(C)c1-c1nc(-c2ccccc2)c(-c2ccccc2)[nH]1. The summed E-state index contributed by atoms with van der Waals surface area (Å²) < 4.78 is 2.00.